The van der Waals surface area contributed by atoms with Crippen LogP contribution < -0.4 is 0 Å². The van der Waals surface area contributed by atoms with Crippen molar-refractivity contribution in [1.29, 1.82) is 0 Å². The second-order valence-corrected chi connectivity index (χ2v) is 9.59. The molecule has 0 aliphatic carbocycles. The van der Waals surface area contributed by atoms with Gasteiger partial charge in [0.05, 0.1) is 0 Å². The molecule has 0 aliphatic rings. The molecule has 0 amide bonds. The van der Waals surface area contributed by atoms with Crippen LogP contribution in [0.4, 0.5) is 0 Å². The normalized spacial score (nSPS) is 15.7. The molecule has 3 heteroatoms. The molecule has 0 aromatic rings. The van der Waals surface area contributed by atoms with Crippen LogP contribution in [-0.4, -0.2) is 2.14 Å². The van der Waals surface area contributed by atoms with Crippen molar-refractivity contribution in [2.45, 2.75) is 28.8 Å². The second-order valence-electron chi connectivity index (χ2n) is 2.33. The van der Waals surface area contributed by atoms with Crippen LogP contribution in [0.5, 0.6) is 0 Å². The van der Waals surface area contributed by atoms with Gasteiger partial charge in [-0.2, -0.15) is 0 Å². The lowest BCUT2D eigenvalue weighted by molar-refractivity contribution is 0.537. The Kier molecular flexibility index (Phi) is 5.04. The first-order valence-electron chi connectivity index (χ1n) is 3.02. The van der Waals surface area contributed by atoms with Gasteiger partial charge in [0.2, 0.25) is 0 Å². The standard InChI is InChI=1S/C6H11Br3/c1-3-5(2)4-6(7,8)9/h5H,3-4H2,1-2H3. The van der Waals surface area contributed by atoms with Gasteiger partial charge in [-0.25, -0.2) is 0 Å². The molecule has 0 nitrogen and oxygen atoms in total. The highest BCUT2D eigenvalue weighted by atomic mass is 80.0. The lowest BCUT2D eigenvalue weighted by atomic mass is 10.1. The molecule has 0 heterocycles. The van der Waals surface area contributed by atoms with E-state index in [1.165, 1.54) is 6.42 Å². The van der Waals surface area contributed by atoms with Gasteiger partial charge in [0, 0.05) is 0 Å². The Morgan fingerprint density at radius 2 is 1.78 bits per heavy atom. The van der Waals surface area contributed by atoms with Crippen LogP contribution in [0, 0.1) is 5.92 Å². The molecule has 0 fully saturated rings. The zero-order chi connectivity index (χ0) is 7.49. The first-order chi connectivity index (χ1) is 3.95. The Balaban J connectivity index is 3.47. The summed E-state index contributed by atoms with van der Waals surface area (Å²) in [6, 6.07) is 0. The van der Waals surface area contributed by atoms with Gasteiger partial charge in [-0.05, 0) is 12.3 Å². The van der Waals surface area contributed by atoms with Gasteiger partial charge in [0.25, 0.3) is 0 Å². The summed E-state index contributed by atoms with van der Waals surface area (Å²) in [6.45, 7) is 4.43. The summed E-state index contributed by atoms with van der Waals surface area (Å²) in [5.41, 5.74) is 0. The summed E-state index contributed by atoms with van der Waals surface area (Å²) in [7, 11) is 0. The van der Waals surface area contributed by atoms with E-state index in [2.05, 4.69) is 61.6 Å². The van der Waals surface area contributed by atoms with Crippen molar-refractivity contribution in [3.05, 3.63) is 0 Å². The van der Waals surface area contributed by atoms with E-state index in [0.29, 0.717) is 0 Å². The zero-order valence-corrected chi connectivity index (χ0v) is 10.4. The van der Waals surface area contributed by atoms with Gasteiger partial charge in [0.1, 0.15) is 2.14 Å². The molecule has 0 N–H and O–H groups in total. The number of rotatable bonds is 2. The van der Waals surface area contributed by atoms with Gasteiger partial charge < -0.3 is 0 Å². The SMILES string of the molecule is CCC(C)CC(Br)(Br)Br. The lowest BCUT2D eigenvalue weighted by Crippen LogP contribution is -2.05. The Bertz CT molecular complexity index is 74.9. The van der Waals surface area contributed by atoms with Crippen LogP contribution in [0.1, 0.15) is 26.7 Å². The largest absolute Gasteiger partial charge is 0.135 e. The van der Waals surface area contributed by atoms with Gasteiger partial charge in [-0.3, -0.25) is 0 Å². The molecule has 0 bridgehead atoms. The van der Waals surface area contributed by atoms with E-state index in [1.54, 1.807) is 0 Å². The minimum absolute atomic E-state index is 0.0393. The van der Waals surface area contributed by atoms with E-state index >= 15 is 0 Å². The molecule has 0 rings (SSSR count). The van der Waals surface area contributed by atoms with Crippen LogP contribution in [0.25, 0.3) is 0 Å². The van der Waals surface area contributed by atoms with Gasteiger partial charge in [0.15, 0.2) is 0 Å². The van der Waals surface area contributed by atoms with E-state index in [4.69, 9.17) is 0 Å². The van der Waals surface area contributed by atoms with Crippen LogP contribution in [0.2, 0.25) is 0 Å². The molecule has 0 aliphatic heterocycles. The average molecular weight is 323 g/mol. The molecule has 0 saturated carbocycles. The van der Waals surface area contributed by atoms with Crippen molar-refractivity contribution in [3.8, 4) is 0 Å². The summed E-state index contributed by atoms with van der Waals surface area (Å²) >= 11 is 10.4. The fraction of sp³-hybridized carbons (Fsp3) is 1.00. The van der Waals surface area contributed by atoms with E-state index in [0.717, 1.165) is 12.3 Å². The third-order valence-corrected chi connectivity index (χ3v) is 2.25. The molecule has 0 saturated heterocycles. The van der Waals surface area contributed by atoms with Gasteiger partial charge in [-0.1, -0.05) is 68.1 Å². The first kappa shape index (κ1) is 10.4. The van der Waals surface area contributed by atoms with E-state index in [-0.39, 0.29) is 2.14 Å². The number of hydrogen-bond acceptors (Lipinski definition) is 0. The fourth-order valence-electron chi connectivity index (χ4n) is 0.539. The molecular formula is C6H11Br3. The fourth-order valence-corrected chi connectivity index (χ4v) is 2.20. The maximum atomic E-state index is 3.45. The predicted molar refractivity (Wildman–Crippen MR) is 53.6 cm³/mol. The van der Waals surface area contributed by atoms with Crippen molar-refractivity contribution in [2.24, 2.45) is 5.92 Å². The molecule has 0 aromatic heterocycles. The number of alkyl halides is 3. The maximum Gasteiger partial charge on any atom is 0.135 e. The monoisotopic (exact) mass is 320 g/mol. The third kappa shape index (κ3) is 7.34. The van der Waals surface area contributed by atoms with Crippen LogP contribution in [0.3, 0.4) is 0 Å². The summed E-state index contributed by atoms with van der Waals surface area (Å²) in [4.78, 5) is 0. The predicted octanol–water partition coefficient (Wildman–Crippen LogP) is 4.26. The summed E-state index contributed by atoms with van der Waals surface area (Å²) in [5, 5.41) is 0. The summed E-state index contributed by atoms with van der Waals surface area (Å²) < 4.78 is -0.0393. The van der Waals surface area contributed by atoms with Crippen molar-refractivity contribution >= 4 is 47.8 Å². The molecule has 0 aromatic carbocycles. The van der Waals surface area contributed by atoms with Gasteiger partial charge in [-0.15, -0.1) is 0 Å². The molecule has 9 heavy (non-hydrogen) atoms. The maximum absolute atomic E-state index is 3.45. The van der Waals surface area contributed by atoms with E-state index in [9.17, 15) is 0 Å². The Morgan fingerprint density at radius 3 is 1.89 bits per heavy atom. The zero-order valence-electron chi connectivity index (χ0n) is 5.63. The van der Waals surface area contributed by atoms with Gasteiger partial charge >= 0.3 is 0 Å². The van der Waals surface area contributed by atoms with Crippen molar-refractivity contribution in [3.63, 3.8) is 0 Å². The van der Waals surface area contributed by atoms with Crippen LogP contribution >= 0.6 is 47.8 Å². The minimum Gasteiger partial charge on any atom is -0.0651 e. The third-order valence-electron chi connectivity index (χ3n) is 1.28. The quantitative estimate of drug-likeness (QED) is 0.666. The topological polar surface area (TPSA) is 0 Å². The first-order valence-corrected chi connectivity index (χ1v) is 5.40. The van der Waals surface area contributed by atoms with Crippen molar-refractivity contribution in [2.75, 3.05) is 0 Å². The van der Waals surface area contributed by atoms with E-state index in [1.807, 2.05) is 0 Å². The second kappa shape index (κ2) is 4.35. The highest BCUT2D eigenvalue weighted by Crippen LogP contribution is 2.39. The molecule has 0 spiro atoms. The Labute approximate surface area is 82.2 Å². The van der Waals surface area contributed by atoms with E-state index < -0.39 is 0 Å². The Hall–Kier alpha value is 1.44. The van der Waals surface area contributed by atoms with Crippen LogP contribution in [-0.2, 0) is 0 Å². The minimum atomic E-state index is -0.0393. The summed E-state index contributed by atoms with van der Waals surface area (Å²) in [6.07, 6.45) is 2.33. The molecule has 0 radical (unpaired) electrons. The highest BCUT2D eigenvalue weighted by molar-refractivity contribution is 9.39. The van der Waals surface area contributed by atoms with Crippen LogP contribution in [0.15, 0.2) is 0 Å². The Morgan fingerprint density at radius 1 is 1.33 bits per heavy atom. The van der Waals surface area contributed by atoms with Crippen molar-refractivity contribution in [1.82, 2.24) is 0 Å². The molecule has 56 valence electrons. The molecule has 1 unspecified atom stereocenters. The van der Waals surface area contributed by atoms with Crippen molar-refractivity contribution < 1.29 is 0 Å². The smallest absolute Gasteiger partial charge is 0.0651 e. The molecule has 1 atom stereocenters. The number of hydrogen-bond donors (Lipinski definition) is 0. The number of halogens is 3. The summed E-state index contributed by atoms with van der Waals surface area (Å²) in [5.74, 6) is 0.753. The lowest BCUT2D eigenvalue weighted by Gasteiger charge is -2.15. The molecular weight excluding hydrogens is 312 g/mol. The average Bonchev–Trinajstić information content (AvgIpc) is 1.62. The highest BCUT2D eigenvalue weighted by Gasteiger charge is 2.19.